The quantitative estimate of drug-likeness (QED) is 0.526. The van der Waals surface area contributed by atoms with Crippen LogP contribution < -0.4 is 0 Å². The summed E-state index contributed by atoms with van der Waals surface area (Å²) in [5.74, 6) is 0.833. The largest absolute Gasteiger partial charge is 0.256 e. The molecule has 0 radical (unpaired) electrons. The van der Waals surface area contributed by atoms with Crippen LogP contribution >= 0.6 is 12.2 Å². The molecule has 0 bridgehead atoms. The van der Waals surface area contributed by atoms with Gasteiger partial charge in [0, 0.05) is 11.6 Å². The Hall–Kier alpha value is -1.02. The van der Waals surface area contributed by atoms with Crippen LogP contribution in [-0.4, -0.2) is 11.6 Å². The molecule has 0 heterocycles. The van der Waals surface area contributed by atoms with E-state index >= 15 is 0 Å². The van der Waals surface area contributed by atoms with Gasteiger partial charge in [0.2, 0.25) is 0 Å². The van der Waals surface area contributed by atoms with E-state index in [1.165, 1.54) is 5.37 Å². The summed E-state index contributed by atoms with van der Waals surface area (Å²) in [6.07, 6.45) is 1.60. The van der Waals surface area contributed by atoms with Crippen molar-refractivity contribution < 1.29 is 0 Å². The van der Waals surface area contributed by atoms with Crippen molar-refractivity contribution in [1.29, 1.82) is 0 Å². The molecule has 0 unspecified atom stereocenters. The minimum absolute atomic E-state index is 0.833. The number of para-hydroxylation sites is 1. The van der Waals surface area contributed by atoms with Crippen molar-refractivity contribution in [3.63, 3.8) is 0 Å². The molecule has 0 fully saturated rings. The van der Waals surface area contributed by atoms with Gasteiger partial charge in [0.05, 0.1) is 5.69 Å². The standard InChI is InChI=1S/C8H7NS.C4H10/c10-7-6-9-8-4-2-1-3-5-8;1-4(2)3/h1-7H;4H,1-3H3. The smallest absolute Gasteiger partial charge is 0.0629 e. The van der Waals surface area contributed by atoms with E-state index in [4.69, 9.17) is 0 Å². The predicted octanol–water partition coefficient (Wildman–Crippen LogP) is 4.05. The summed E-state index contributed by atoms with van der Waals surface area (Å²) in [6, 6.07) is 9.69. The molecule has 0 aliphatic heterocycles. The van der Waals surface area contributed by atoms with E-state index in [0.717, 1.165) is 11.6 Å². The van der Waals surface area contributed by atoms with Crippen molar-refractivity contribution in [3.05, 3.63) is 30.3 Å². The van der Waals surface area contributed by atoms with Gasteiger partial charge in [0.1, 0.15) is 0 Å². The first-order valence-electron chi connectivity index (χ1n) is 4.69. The molecule has 76 valence electrons. The molecule has 0 aromatic heterocycles. The van der Waals surface area contributed by atoms with E-state index < -0.39 is 0 Å². The van der Waals surface area contributed by atoms with Gasteiger partial charge in [0.25, 0.3) is 0 Å². The molecule has 14 heavy (non-hydrogen) atoms. The van der Waals surface area contributed by atoms with Gasteiger partial charge < -0.3 is 0 Å². The number of benzene rings is 1. The molecule has 2 heteroatoms. The average Bonchev–Trinajstić information content (AvgIpc) is 2.15. The predicted molar refractivity (Wildman–Crippen MR) is 68.8 cm³/mol. The van der Waals surface area contributed by atoms with Gasteiger partial charge in [-0.2, -0.15) is 0 Å². The highest BCUT2D eigenvalue weighted by molar-refractivity contribution is 7.80. The van der Waals surface area contributed by atoms with Crippen molar-refractivity contribution in [2.75, 3.05) is 0 Å². The number of hydrogen-bond acceptors (Lipinski definition) is 2. The molecule has 0 aliphatic rings. The van der Waals surface area contributed by atoms with Crippen LogP contribution in [0.1, 0.15) is 20.8 Å². The van der Waals surface area contributed by atoms with E-state index in [2.05, 4.69) is 38.0 Å². The summed E-state index contributed by atoms with van der Waals surface area (Å²) in [5, 5.41) is 1.49. The molecule has 1 nitrogen and oxygen atoms in total. The average molecular weight is 207 g/mol. The molecule has 1 aromatic rings. The van der Waals surface area contributed by atoms with E-state index in [1.54, 1.807) is 6.21 Å². The fourth-order valence-electron chi connectivity index (χ4n) is 0.631. The maximum absolute atomic E-state index is 4.58. The topological polar surface area (TPSA) is 12.4 Å². The SMILES string of the molecule is CC(C)C.S=CC=Nc1ccccc1. The second kappa shape index (κ2) is 8.57. The summed E-state index contributed by atoms with van der Waals surface area (Å²) in [6.45, 7) is 6.50. The number of aliphatic imine (C=N–C) groups is 1. The third-order valence-electron chi connectivity index (χ3n) is 1.04. The third-order valence-corrected chi connectivity index (χ3v) is 1.16. The Morgan fingerprint density at radius 2 is 1.64 bits per heavy atom. The van der Waals surface area contributed by atoms with E-state index in [9.17, 15) is 0 Å². The zero-order chi connectivity index (χ0) is 10.8. The van der Waals surface area contributed by atoms with Crippen LogP contribution in [0.15, 0.2) is 35.3 Å². The number of rotatable bonds is 2. The maximum atomic E-state index is 4.58. The fourth-order valence-corrected chi connectivity index (χ4v) is 0.691. The lowest BCUT2D eigenvalue weighted by Crippen LogP contribution is -1.67. The minimum atomic E-state index is 0.833. The summed E-state index contributed by atoms with van der Waals surface area (Å²) in [5.41, 5.74) is 0.934. The van der Waals surface area contributed by atoms with Crippen LogP contribution in [0.3, 0.4) is 0 Å². The molecule has 0 amide bonds. The van der Waals surface area contributed by atoms with Crippen LogP contribution in [0.25, 0.3) is 0 Å². The highest BCUT2D eigenvalue weighted by Crippen LogP contribution is 2.07. The van der Waals surface area contributed by atoms with Gasteiger partial charge in [-0.3, -0.25) is 4.99 Å². The van der Waals surface area contributed by atoms with Gasteiger partial charge in [-0.1, -0.05) is 51.2 Å². The van der Waals surface area contributed by atoms with Crippen LogP contribution in [0.4, 0.5) is 5.69 Å². The van der Waals surface area contributed by atoms with Gasteiger partial charge in [-0.15, -0.1) is 0 Å². The number of nitrogens with zero attached hydrogens (tertiary/aromatic N) is 1. The lowest BCUT2D eigenvalue weighted by molar-refractivity contribution is 0.737. The number of hydrogen-bond donors (Lipinski definition) is 0. The highest BCUT2D eigenvalue weighted by atomic mass is 32.1. The maximum Gasteiger partial charge on any atom is 0.0629 e. The molecule has 0 spiro atoms. The van der Waals surface area contributed by atoms with Gasteiger partial charge in [-0.25, -0.2) is 0 Å². The molecule has 0 atom stereocenters. The second-order valence-corrected chi connectivity index (χ2v) is 3.75. The molecular formula is C12H17NS. The first kappa shape index (κ1) is 13.0. The molecule has 0 saturated heterocycles. The van der Waals surface area contributed by atoms with Crippen molar-refractivity contribution in [2.24, 2.45) is 10.9 Å². The van der Waals surface area contributed by atoms with Gasteiger partial charge >= 0.3 is 0 Å². The molecule has 0 N–H and O–H groups in total. The Morgan fingerprint density at radius 3 is 2.07 bits per heavy atom. The first-order valence-corrected chi connectivity index (χ1v) is 5.16. The monoisotopic (exact) mass is 207 g/mol. The fraction of sp³-hybridized carbons (Fsp3) is 0.333. The van der Waals surface area contributed by atoms with Crippen molar-refractivity contribution >= 4 is 29.5 Å². The number of thiocarbonyl (C=S) groups is 1. The normalized spacial score (nSPS) is 9.71. The van der Waals surface area contributed by atoms with Crippen LogP contribution in [-0.2, 0) is 0 Å². The molecule has 1 aromatic carbocycles. The van der Waals surface area contributed by atoms with Crippen LogP contribution in [0.5, 0.6) is 0 Å². The van der Waals surface area contributed by atoms with E-state index in [-0.39, 0.29) is 0 Å². The lowest BCUT2D eigenvalue weighted by Gasteiger charge is -1.86. The summed E-state index contributed by atoms with van der Waals surface area (Å²) < 4.78 is 0. The summed E-state index contributed by atoms with van der Waals surface area (Å²) >= 11 is 4.58. The Labute approximate surface area is 91.9 Å². The first-order chi connectivity index (χ1) is 6.66. The minimum Gasteiger partial charge on any atom is -0.256 e. The molecule has 1 rings (SSSR count). The summed E-state index contributed by atoms with van der Waals surface area (Å²) in [7, 11) is 0. The Kier molecular flexibility index (Phi) is 7.95. The van der Waals surface area contributed by atoms with E-state index in [1.807, 2.05) is 30.3 Å². The molecule has 0 saturated carbocycles. The zero-order valence-corrected chi connectivity index (χ0v) is 9.79. The lowest BCUT2D eigenvalue weighted by atomic mass is 10.3. The van der Waals surface area contributed by atoms with Gasteiger partial charge in [0.15, 0.2) is 0 Å². The Morgan fingerprint density at radius 1 is 1.14 bits per heavy atom. The summed E-state index contributed by atoms with van der Waals surface area (Å²) in [4.78, 5) is 4.04. The highest BCUT2D eigenvalue weighted by Gasteiger charge is 1.79. The van der Waals surface area contributed by atoms with Crippen molar-refractivity contribution in [3.8, 4) is 0 Å². The second-order valence-electron chi connectivity index (χ2n) is 3.48. The third kappa shape index (κ3) is 9.07. The zero-order valence-electron chi connectivity index (χ0n) is 8.97. The van der Waals surface area contributed by atoms with Gasteiger partial charge in [-0.05, 0) is 18.1 Å². The molecule has 0 aliphatic carbocycles. The Balaban J connectivity index is 0.000000364. The van der Waals surface area contributed by atoms with E-state index in [0.29, 0.717) is 0 Å². The Bertz CT molecular complexity index is 262. The van der Waals surface area contributed by atoms with Crippen LogP contribution in [0, 0.1) is 5.92 Å². The van der Waals surface area contributed by atoms with Crippen molar-refractivity contribution in [1.82, 2.24) is 0 Å². The van der Waals surface area contributed by atoms with Crippen LogP contribution in [0.2, 0.25) is 0 Å². The van der Waals surface area contributed by atoms with Crippen molar-refractivity contribution in [2.45, 2.75) is 20.8 Å². The molecular weight excluding hydrogens is 190 g/mol.